The Bertz CT molecular complexity index is 1450. The molecule has 1 aliphatic heterocycles. The van der Waals surface area contributed by atoms with Crippen LogP contribution in [0.4, 0.5) is 5.69 Å². The van der Waals surface area contributed by atoms with E-state index in [1.54, 1.807) is 17.0 Å². The van der Waals surface area contributed by atoms with E-state index in [0.29, 0.717) is 30.0 Å². The molecule has 0 fully saturated rings. The first-order valence-electron chi connectivity index (χ1n) is 13.1. The molecule has 0 aromatic heterocycles. The summed E-state index contributed by atoms with van der Waals surface area (Å²) in [7, 11) is -3.68. The summed E-state index contributed by atoms with van der Waals surface area (Å²) in [6, 6.07) is 18.1. The maximum absolute atomic E-state index is 13.6. The summed E-state index contributed by atoms with van der Waals surface area (Å²) >= 11 is 0. The Hall–Kier alpha value is -3.39. The van der Waals surface area contributed by atoms with Gasteiger partial charge in [0.2, 0.25) is 11.8 Å². The Balaban J connectivity index is 1.53. The van der Waals surface area contributed by atoms with Gasteiger partial charge in [-0.1, -0.05) is 61.0 Å². The molecule has 0 aliphatic carbocycles. The van der Waals surface area contributed by atoms with Crippen molar-refractivity contribution < 1.29 is 18.0 Å². The van der Waals surface area contributed by atoms with Crippen molar-refractivity contribution in [3.8, 4) is 0 Å². The number of aryl methyl sites for hydroxylation is 1. The maximum atomic E-state index is 13.6. The molecule has 0 saturated heterocycles. The molecule has 1 atom stereocenters. The summed E-state index contributed by atoms with van der Waals surface area (Å²) in [6.45, 7) is 10.1. The van der Waals surface area contributed by atoms with Crippen LogP contribution in [0, 0.1) is 6.92 Å². The van der Waals surface area contributed by atoms with E-state index < -0.39 is 21.6 Å². The molecular weight excluding hydrogens is 498 g/mol. The molecule has 0 radical (unpaired) electrons. The zero-order valence-electron chi connectivity index (χ0n) is 22.8. The minimum Gasteiger partial charge on any atom is -0.350 e. The van der Waals surface area contributed by atoms with Gasteiger partial charge in [-0.05, 0) is 63.6 Å². The van der Waals surface area contributed by atoms with Crippen molar-refractivity contribution >= 4 is 38.3 Å². The average molecular weight is 536 g/mol. The number of carbonyl (C=O) groups is 2. The largest absolute Gasteiger partial charge is 0.350 e. The van der Waals surface area contributed by atoms with E-state index >= 15 is 0 Å². The van der Waals surface area contributed by atoms with E-state index in [1.165, 1.54) is 4.31 Å². The minimum absolute atomic E-state index is 0.128. The Kier molecular flexibility index (Phi) is 7.83. The molecule has 202 valence electrons. The Labute approximate surface area is 225 Å². The van der Waals surface area contributed by atoms with Crippen LogP contribution in [-0.2, 0) is 26.2 Å². The van der Waals surface area contributed by atoms with Crippen LogP contribution in [0.1, 0.15) is 58.1 Å². The molecule has 3 aromatic carbocycles. The standard InChI is InChI=1S/C30H37N3O4S/c1-6-24(29(35)31-30(3,4)5)32(20-22-12-7-11-21(2)19-22)27(34)17-10-18-33-25-15-8-13-23-14-9-16-26(28(23)25)38(33,36)37/h7-9,11-16,19,24H,6,10,17-18,20H2,1-5H3,(H,31,35)/t24-/m1/s1. The average Bonchev–Trinajstić information content (AvgIpc) is 3.06. The van der Waals surface area contributed by atoms with Gasteiger partial charge in [0.1, 0.15) is 6.04 Å². The lowest BCUT2D eigenvalue weighted by molar-refractivity contribution is -0.142. The van der Waals surface area contributed by atoms with Gasteiger partial charge in [-0.15, -0.1) is 0 Å². The lowest BCUT2D eigenvalue weighted by Gasteiger charge is -2.33. The summed E-state index contributed by atoms with van der Waals surface area (Å²) < 4.78 is 28.0. The van der Waals surface area contributed by atoms with Crippen LogP contribution in [0.25, 0.3) is 10.8 Å². The number of anilines is 1. The summed E-state index contributed by atoms with van der Waals surface area (Å²) in [5.74, 6) is -0.361. The molecular formula is C30H37N3O4S. The van der Waals surface area contributed by atoms with Gasteiger partial charge in [-0.2, -0.15) is 0 Å². The van der Waals surface area contributed by atoms with E-state index in [9.17, 15) is 18.0 Å². The van der Waals surface area contributed by atoms with Crippen LogP contribution >= 0.6 is 0 Å². The summed E-state index contributed by atoms with van der Waals surface area (Å²) in [4.78, 5) is 28.8. The van der Waals surface area contributed by atoms with E-state index in [-0.39, 0.29) is 24.8 Å². The lowest BCUT2D eigenvalue weighted by atomic mass is 10.0. The van der Waals surface area contributed by atoms with Crippen molar-refractivity contribution in [1.82, 2.24) is 10.2 Å². The van der Waals surface area contributed by atoms with Gasteiger partial charge in [0.05, 0.1) is 10.6 Å². The molecule has 3 aromatic rings. The highest BCUT2D eigenvalue weighted by atomic mass is 32.2. The first-order chi connectivity index (χ1) is 17.9. The van der Waals surface area contributed by atoms with Gasteiger partial charge in [0.25, 0.3) is 10.0 Å². The van der Waals surface area contributed by atoms with Crippen molar-refractivity contribution in [2.24, 2.45) is 0 Å². The molecule has 0 saturated carbocycles. The number of carbonyl (C=O) groups excluding carboxylic acids is 2. The predicted octanol–water partition coefficient (Wildman–Crippen LogP) is 5.16. The van der Waals surface area contributed by atoms with Crippen molar-refractivity contribution in [3.63, 3.8) is 0 Å². The van der Waals surface area contributed by atoms with Gasteiger partial charge >= 0.3 is 0 Å². The first-order valence-corrected chi connectivity index (χ1v) is 14.6. The molecule has 38 heavy (non-hydrogen) atoms. The molecule has 0 unspecified atom stereocenters. The number of amides is 2. The zero-order chi connectivity index (χ0) is 27.7. The van der Waals surface area contributed by atoms with Gasteiger partial charge in [-0.3, -0.25) is 13.9 Å². The topological polar surface area (TPSA) is 86.8 Å². The normalized spacial score (nSPS) is 14.9. The van der Waals surface area contributed by atoms with Crippen LogP contribution in [0.3, 0.4) is 0 Å². The maximum Gasteiger partial charge on any atom is 0.265 e. The fourth-order valence-electron chi connectivity index (χ4n) is 5.10. The molecule has 1 heterocycles. The van der Waals surface area contributed by atoms with Crippen LogP contribution in [0.15, 0.2) is 65.6 Å². The monoisotopic (exact) mass is 535 g/mol. The van der Waals surface area contributed by atoms with Gasteiger partial charge in [0, 0.05) is 30.4 Å². The second-order valence-corrected chi connectivity index (χ2v) is 12.8. The molecule has 8 heteroatoms. The van der Waals surface area contributed by atoms with E-state index in [0.717, 1.165) is 21.9 Å². The molecule has 4 rings (SSSR count). The zero-order valence-corrected chi connectivity index (χ0v) is 23.6. The SMILES string of the molecule is CC[C@H](C(=O)NC(C)(C)C)N(Cc1cccc(C)c1)C(=O)CCCN1c2cccc3cccc(c23)S1(=O)=O. The number of sulfonamides is 1. The number of rotatable bonds is 9. The first kappa shape index (κ1) is 27.6. The smallest absolute Gasteiger partial charge is 0.265 e. The molecule has 1 N–H and O–H groups in total. The van der Waals surface area contributed by atoms with E-state index in [1.807, 2.05) is 83.1 Å². The number of hydrogen-bond acceptors (Lipinski definition) is 4. The Morgan fingerprint density at radius 1 is 1.03 bits per heavy atom. The fourth-order valence-corrected chi connectivity index (χ4v) is 6.84. The third-order valence-corrected chi connectivity index (χ3v) is 8.61. The van der Waals surface area contributed by atoms with Crippen molar-refractivity contribution in [3.05, 3.63) is 71.8 Å². The number of nitrogens with one attached hydrogen (secondary N) is 1. The molecule has 7 nitrogen and oxygen atoms in total. The quantitative estimate of drug-likeness (QED) is 0.410. The third kappa shape index (κ3) is 5.70. The summed E-state index contributed by atoms with van der Waals surface area (Å²) in [5, 5.41) is 4.62. The van der Waals surface area contributed by atoms with Crippen molar-refractivity contribution in [2.75, 3.05) is 10.8 Å². The second kappa shape index (κ2) is 10.8. The van der Waals surface area contributed by atoms with Gasteiger partial charge in [-0.25, -0.2) is 8.42 Å². The molecule has 0 bridgehead atoms. The second-order valence-electron chi connectivity index (χ2n) is 11.0. The molecule has 2 amide bonds. The third-order valence-electron chi connectivity index (χ3n) is 6.75. The van der Waals surface area contributed by atoms with Crippen LogP contribution < -0.4 is 9.62 Å². The van der Waals surface area contributed by atoms with Gasteiger partial charge < -0.3 is 10.2 Å². The van der Waals surface area contributed by atoms with Crippen LogP contribution in [0.5, 0.6) is 0 Å². The van der Waals surface area contributed by atoms with Crippen molar-refractivity contribution in [2.45, 2.75) is 76.9 Å². The Morgan fingerprint density at radius 3 is 2.37 bits per heavy atom. The van der Waals surface area contributed by atoms with Gasteiger partial charge in [0.15, 0.2) is 0 Å². The van der Waals surface area contributed by atoms with Crippen LogP contribution in [-0.4, -0.2) is 43.3 Å². The van der Waals surface area contributed by atoms with Crippen LogP contribution in [0.2, 0.25) is 0 Å². The van der Waals surface area contributed by atoms with Crippen molar-refractivity contribution in [1.29, 1.82) is 0 Å². The highest BCUT2D eigenvalue weighted by molar-refractivity contribution is 7.93. The fraction of sp³-hybridized carbons (Fsp3) is 0.400. The highest BCUT2D eigenvalue weighted by Gasteiger charge is 2.36. The molecule has 0 spiro atoms. The van der Waals surface area contributed by atoms with E-state index in [2.05, 4.69) is 5.32 Å². The van der Waals surface area contributed by atoms with E-state index in [4.69, 9.17) is 0 Å². The lowest BCUT2D eigenvalue weighted by Crippen LogP contribution is -2.53. The summed E-state index contributed by atoms with van der Waals surface area (Å²) in [5.41, 5.74) is 2.25. The predicted molar refractivity (Wildman–Crippen MR) is 151 cm³/mol. The number of nitrogens with zero attached hydrogens (tertiary/aromatic N) is 2. The number of benzene rings is 3. The Morgan fingerprint density at radius 2 is 1.71 bits per heavy atom. The summed E-state index contributed by atoms with van der Waals surface area (Å²) in [6.07, 6.45) is 0.935. The number of hydrogen-bond donors (Lipinski definition) is 1. The minimum atomic E-state index is -3.68. The highest BCUT2D eigenvalue weighted by Crippen LogP contribution is 2.42. The molecule has 1 aliphatic rings.